The average Bonchev–Trinajstić information content (AvgIpc) is 2.66. The molecule has 0 aromatic heterocycles. The zero-order valence-corrected chi connectivity index (χ0v) is 16.6. The summed E-state index contributed by atoms with van der Waals surface area (Å²) in [5.41, 5.74) is 4.35. The Morgan fingerprint density at radius 2 is 1.71 bits per heavy atom. The molecule has 2 aromatic carbocycles. The summed E-state index contributed by atoms with van der Waals surface area (Å²) in [5.74, 6) is -0.221. The maximum atomic E-state index is 12.5. The van der Waals surface area contributed by atoms with Gasteiger partial charge in [0.15, 0.2) is 0 Å². The maximum absolute atomic E-state index is 12.5. The number of hydrogen-bond donors (Lipinski definition) is 1. The molecule has 0 bridgehead atoms. The molecule has 148 valence electrons. The molecule has 1 aliphatic heterocycles. The highest BCUT2D eigenvalue weighted by Crippen LogP contribution is 2.30. The molecule has 0 aliphatic carbocycles. The number of nitro groups is 1. The molecule has 0 atom stereocenters. The Bertz CT molecular complexity index is 889. The fourth-order valence-electron chi connectivity index (χ4n) is 3.56. The van der Waals surface area contributed by atoms with Crippen LogP contribution in [0.3, 0.4) is 0 Å². The first kappa shape index (κ1) is 19.8. The topological polar surface area (TPSA) is 78.7 Å². The summed E-state index contributed by atoms with van der Waals surface area (Å²) in [4.78, 5) is 27.8. The predicted octanol–water partition coefficient (Wildman–Crippen LogP) is 3.28. The van der Waals surface area contributed by atoms with Gasteiger partial charge in [-0.3, -0.25) is 19.8 Å². The van der Waals surface area contributed by atoms with Gasteiger partial charge >= 0.3 is 0 Å². The van der Waals surface area contributed by atoms with E-state index in [1.165, 1.54) is 17.3 Å². The number of carbonyl (C=O) groups is 1. The number of nitrogens with one attached hydrogen (secondary N) is 1. The molecule has 1 amide bonds. The lowest BCUT2D eigenvalue weighted by Gasteiger charge is -2.36. The van der Waals surface area contributed by atoms with Crippen molar-refractivity contribution in [3.63, 3.8) is 0 Å². The molecule has 1 fully saturated rings. The summed E-state index contributed by atoms with van der Waals surface area (Å²) in [7, 11) is 0. The molecule has 0 radical (unpaired) electrons. The minimum Gasteiger partial charge on any atom is -0.369 e. The van der Waals surface area contributed by atoms with E-state index in [2.05, 4.69) is 34.2 Å². The van der Waals surface area contributed by atoms with Crippen molar-refractivity contribution in [2.45, 2.75) is 20.8 Å². The number of piperazine rings is 1. The van der Waals surface area contributed by atoms with E-state index in [1.807, 2.05) is 19.1 Å². The van der Waals surface area contributed by atoms with E-state index < -0.39 is 4.92 Å². The molecule has 0 saturated carbocycles. The quantitative estimate of drug-likeness (QED) is 0.634. The summed E-state index contributed by atoms with van der Waals surface area (Å²) in [6.07, 6.45) is 0. The van der Waals surface area contributed by atoms with Crippen molar-refractivity contribution in [2.75, 3.05) is 42.9 Å². The molecule has 1 saturated heterocycles. The fourth-order valence-corrected chi connectivity index (χ4v) is 3.56. The molecule has 1 heterocycles. The van der Waals surface area contributed by atoms with E-state index in [-0.39, 0.29) is 18.1 Å². The second kappa shape index (κ2) is 8.39. The second-order valence-corrected chi connectivity index (χ2v) is 7.26. The standard InChI is InChI=1S/C21H26N4O3/c1-15-8-9-19(25(27)28)21(17(15)3)22-20(26)14-23-10-12-24(13-11-23)18-7-5-4-6-16(18)2/h4-9H,10-14H2,1-3H3,(H,22,26). The largest absolute Gasteiger partial charge is 0.369 e. The van der Waals surface area contributed by atoms with Gasteiger partial charge in [-0.1, -0.05) is 24.3 Å². The van der Waals surface area contributed by atoms with Crippen molar-refractivity contribution >= 4 is 23.0 Å². The lowest BCUT2D eigenvalue weighted by atomic mass is 10.1. The van der Waals surface area contributed by atoms with Crippen LogP contribution in [0.15, 0.2) is 36.4 Å². The van der Waals surface area contributed by atoms with Gasteiger partial charge in [-0.05, 0) is 43.5 Å². The zero-order chi connectivity index (χ0) is 20.3. The molecule has 28 heavy (non-hydrogen) atoms. The number of amides is 1. The molecular formula is C21H26N4O3. The Labute approximate surface area is 165 Å². The Kier molecular flexibility index (Phi) is 5.94. The van der Waals surface area contributed by atoms with Gasteiger partial charge in [0.2, 0.25) is 5.91 Å². The van der Waals surface area contributed by atoms with Gasteiger partial charge in [-0.25, -0.2) is 0 Å². The highest BCUT2D eigenvalue weighted by Gasteiger charge is 2.23. The number of para-hydroxylation sites is 1. The first-order chi connectivity index (χ1) is 13.4. The molecule has 1 N–H and O–H groups in total. The van der Waals surface area contributed by atoms with Crippen molar-refractivity contribution in [2.24, 2.45) is 0 Å². The van der Waals surface area contributed by atoms with Crippen molar-refractivity contribution in [1.82, 2.24) is 4.90 Å². The van der Waals surface area contributed by atoms with Gasteiger partial charge in [-0.15, -0.1) is 0 Å². The number of nitrogens with zero attached hydrogens (tertiary/aromatic N) is 3. The molecule has 0 unspecified atom stereocenters. The van der Waals surface area contributed by atoms with Gasteiger partial charge in [-0.2, -0.15) is 0 Å². The lowest BCUT2D eigenvalue weighted by molar-refractivity contribution is -0.384. The van der Waals surface area contributed by atoms with E-state index in [9.17, 15) is 14.9 Å². The van der Waals surface area contributed by atoms with Gasteiger partial charge in [0, 0.05) is 37.9 Å². The van der Waals surface area contributed by atoms with Crippen molar-refractivity contribution in [3.8, 4) is 0 Å². The first-order valence-corrected chi connectivity index (χ1v) is 9.44. The van der Waals surface area contributed by atoms with Crippen LogP contribution in [0.2, 0.25) is 0 Å². The summed E-state index contributed by atoms with van der Waals surface area (Å²) < 4.78 is 0. The number of benzene rings is 2. The third-order valence-electron chi connectivity index (χ3n) is 5.37. The van der Waals surface area contributed by atoms with Gasteiger partial charge in [0.05, 0.1) is 11.5 Å². The van der Waals surface area contributed by atoms with Crippen molar-refractivity contribution < 1.29 is 9.72 Å². The predicted molar refractivity (Wildman–Crippen MR) is 111 cm³/mol. The Morgan fingerprint density at radius 3 is 2.36 bits per heavy atom. The number of nitro benzene ring substituents is 1. The Hall–Kier alpha value is -2.93. The summed E-state index contributed by atoms with van der Waals surface area (Å²) >= 11 is 0. The normalized spacial score (nSPS) is 14.8. The fraction of sp³-hybridized carbons (Fsp3) is 0.381. The number of rotatable bonds is 5. The van der Waals surface area contributed by atoms with Crippen LogP contribution < -0.4 is 10.2 Å². The van der Waals surface area contributed by atoms with Crippen LogP contribution >= 0.6 is 0 Å². The first-order valence-electron chi connectivity index (χ1n) is 9.44. The summed E-state index contributed by atoms with van der Waals surface area (Å²) in [6.45, 7) is 9.24. The molecule has 0 spiro atoms. The van der Waals surface area contributed by atoms with Crippen LogP contribution in [0.25, 0.3) is 0 Å². The number of carbonyl (C=O) groups excluding carboxylic acids is 1. The second-order valence-electron chi connectivity index (χ2n) is 7.26. The highest BCUT2D eigenvalue weighted by molar-refractivity contribution is 5.95. The van der Waals surface area contributed by atoms with E-state index >= 15 is 0 Å². The van der Waals surface area contributed by atoms with Crippen LogP contribution in [0, 0.1) is 30.9 Å². The smallest absolute Gasteiger partial charge is 0.293 e. The van der Waals surface area contributed by atoms with Gasteiger partial charge in [0.1, 0.15) is 5.69 Å². The van der Waals surface area contributed by atoms with Gasteiger partial charge < -0.3 is 10.2 Å². The van der Waals surface area contributed by atoms with Gasteiger partial charge in [0.25, 0.3) is 5.69 Å². The van der Waals surface area contributed by atoms with Crippen molar-refractivity contribution in [1.29, 1.82) is 0 Å². The van der Waals surface area contributed by atoms with E-state index in [1.54, 1.807) is 13.0 Å². The van der Waals surface area contributed by atoms with E-state index in [4.69, 9.17) is 0 Å². The Balaban J connectivity index is 1.61. The highest BCUT2D eigenvalue weighted by atomic mass is 16.6. The molecule has 7 nitrogen and oxygen atoms in total. The van der Waals surface area contributed by atoms with E-state index in [0.29, 0.717) is 5.69 Å². The minimum atomic E-state index is -0.455. The summed E-state index contributed by atoms with van der Waals surface area (Å²) in [6, 6.07) is 11.4. The number of aryl methyl sites for hydroxylation is 2. The molecule has 1 aliphatic rings. The summed E-state index contributed by atoms with van der Waals surface area (Å²) in [5, 5.41) is 14.1. The van der Waals surface area contributed by atoms with Crippen molar-refractivity contribution in [3.05, 3.63) is 63.2 Å². The number of anilines is 2. The molecular weight excluding hydrogens is 356 g/mol. The van der Waals surface area contributed by atoms with Crippen LogP contribution in [-0.2, 0) is 4.79 Å². The van der Waals surface area contributed by atoms with Crippen LogP contribution in [0.5, 0.6) is 0 Å². The number of hydrogen-bond acceptors (Lipinski definition) is 5. The van der Waals surface area contributed by atoms with Crippen LogP contribution in [0.1, 0.15) is 16.7 Å². The monoisotopic (exact) mass is 382 g/mol. The lowest BCUT2D eigenvalue weighted by Crippen LogP contribution is -2.48. The third-order valence-corrected chi connectivity index (χ3v) is 5.37. The third kappa shape index (κ3) is 4.31. The zero-order valence-electron chi connectivity index (χ0n) is 16.6. The van der Waals surface area contributed by atoms with E-state index in [0.717, 1.165) is 37.3 Å². The average molecular weight is 382 g/mol. The molecule has 2 aromatic rings. The SMILES string of the molecule is Cc1ccccc1N1CCN(CC(=O)Nc2c([N+](=O)[O-])ccc(C)c2C)CC1. The Morgan fingerprint density at radius 1 is 1.04 bits per heavy atom. The minimum absolute atomic E-state index is 0.0687. The van der Waals surface area contributed by atoms with Crippen LogP contribution in [0.4, 0.5) is 17.1 Å². The maximum Gasteiger partial charge on any atom is 0.293 e. The van der Waals surface area contributed by atoms with Crippen LogP contribution in [-0.4, -0.2) is 48.5 Å². The molecule has 7 heteroatoms. The molecule has 3 rings (SSSR count).